The lowest BCUT2D eigenvalue weighted by Crippen LogP contribution is -2.39. The molecule has 18 heavy (non-hydrogen) atoms. The summed E-state index contributed by atoms with van der Waals surface area (Å²) >= 11 is 1.80. The SMILES string of the molecule is CCCNCC1CCCN(Cc2nc(C)cs2)C1. The fourth-order valence-electron chi connectivity index (χ4n) is 2.61. The first-order valence-corrected chi connectivity index (χ1v) is 8.00. The summed E-state index contributed by atoms with van der Waals surface area (Å²) in [5, 5.41) is 6.98. The molecule has 0 saturated carbocycles. The first-order chi connectivity index (χ1) is 8.78. The van der Waals surface area contributed by atoms with Crippen molar-refractivity contribution in [3.8, 4) is 0 Å². The number of rotatable bonds is 6. The van der Waals surface area contributed by atoms with Gasteiger partial charge < -0.3 is 5.32 Å². The Bertz CT molecular complexity index is 351. The minimum atomic E-state index is 0.825. The molecule has 0 amide bonds. The molecule has 1 unspecified atom stereocenters. The second-order valence-corrected chi connectivity index (χ2v) is 6.27. The number of piperidine rings is 1. The third kappa shape index (κ3) is 4.34. The first-order valence-electron chi connectivity index (χ1n) is 7.12. The van der Waals surface area contributed by atoms with E-state index in [1.165, 1.54) is 43.9 Å². The van der Waals surface area contributed by atoms with Gasteiger partial charge in [0.1, 0.15) is 5.01 Å². The molecule has 102 valence electrons. The van der Waals surface area contributed by atoms with Crippen molar-refractivity contribution in [3.05, 3.63) is 16.1 Å². The van der Waals surface area contributed by atoms with Crippen LogP contribution in [0.5, 0.6) is 0 Å². The molecule has 1 saturated heterocycles. The Hall–Kier alpha value is -0.450. The predicted molar refractivity (Wildman–Crippen MR) is 78.0 cm³/mol. The number of aromatic nitrogens is 1. The monoisotopic (exact) mass is 267 g/mol. The van der Waals surface area contributed by atoms with E-state index in [2.05, 4.69) is 34.4 Å². The van der Waals surface area contributed by atoms with Crippen LogP contribution in [0.2, 0.25) is 0 Å². The molecule has 0 bridgehead atoms. The van der Waals surface area contributed by atoms with Crippen molar-refractivity contribution in [2.24, 2.45) is 5.92 Å². The molecule has 1 N–H and O–H groups in total. The summed E-state index contributed by atoms with van der Waals surface area (Å²) in [6.07, 6.45) is 3.95. The zero-order valence-electron chi connectivity index (χ0n) is 11.6. The van der Waals surface area contributed by atoms with Gasteiger partial charge in [-0.25, -0.2) is 4.98 Å². The lowest BCUT2D eigenvalue weighted by molar-refractivity contribution is 0.165. The Labute approximate surface area is 115 Å². The van der Waals surface area contributed by atoms with Gasteiger partial charge in [-0.2, -0.15) is 0 Å². The van der Waals surface area contributed by atoms with Gasteiger partial charge in [-0.3, -0.25) is 4.90 Å². The minimum absolute atomic E-state index is 0.825. The highest BCUT2D eigenvalue weighted by Gasteiger charge is 2.20. The molecule has 0 aromatic carbocycles. The van der Waals surface area contributed by atoms with Crippen LogP contribution in [0.15, 0.2) is 5.38 Å². The summed E-state index contributed by atoms with van der Waals surface area (Å²) in [6.45, 7) is 10.2. The van der Waals surface area contributed by atoms with Crippen molar-refractivity contribution in [1.82, 2.24) is 15.2 Å². The topological polar surface area (TPSA) is 28.2 Å². The Morgan fingerprint density at radius 3 is 3.17 bits per heavy atom. The summed E-state index contributed by atoms with van der Waals surface area (Å²) in [5.41, 5.74) is 1.16. The molecular formula is C14H25N3S. The molecule has 4 heteroatoms. The van der Waals surface area contributed by atoms with Gasteiger partial charge in [0.05, 0.1) is 6.54 Å². The van der Waals surface area contributed by atoms with Crippen molar-refractivity contribution in [3.63, 3.8) is 0 Å². The van der Waals surface area contributed by atoms with Gasteiger partial charge in [-0.05, 0) is 51.7 Å². The Balaban J connectivity index is 1.76. The smallest absolute Gasteiger partial charge is 0.107 e. The van der Waals surface area contributed by atoms with Crippen LogP contribution in [0.25, 0.3) is 0 Å². The largest absolute Gasteiger partial charge is 0.316 e. The average Bonchev–Trinajstić information content (AvgIpc) is 2.76. The molecule has 1 fully saturated rings. The number of thiazole rings is 1. The van der Waals surface area contributed by atoms with Crippen molar-refractivity contribution in [1.29, 1.82) is 0 Å². The quantitative estimate of drug-likeness (QED) is 0.803. The van der Waals surface area contributed by atoms with Crippen molar-refractivity contribution in [2.45, 2.75) is 39.7 Å². The molecule has 2 rings (SSSR count). The Morgan fingerprint density at radius 1 is 1.56 bits per heavy atom. The molecule has 0 radical (unpaired) electrons. The zero-order chi connectivity index (χ0) is 12.8. The van der Waals surface area contributed by atoms with E-state index in [1.54, 1.807) is 11.3 Å². The number of aryl methyl sites for hydroxylation is 1. The highest BCUT2D eigenvalue weighted by molar-refractivity contribution is 7.09. The van der Waals surface area contributed by atoms with Crippen molar-refractivity contribution in [2.75, 3.05) is 26.2 Å². The van der Waals surface area contributed by atoms with Gasteiger partial charge in [-0.15, -0.1) is 11.3 Å². The van der Waals surface area contributed by atoms with Crippen LogP contribution in [-0.2, 0) is 6.54 Å². The van der Waals surface area contributed by atoms with E-state index in [1.807, 2.05) is 0 Å². The van der Waals surface area contributed by atoms with Crippen LogP contribution in [0, 0.1) is 12.8 Å². The van der Waals surface area contributed by atoms with E-state index in [-0.39, 0.29) is 0 Å². The molecular weight excluding hydrogens is 242 g/mol. The first kappa shape index (κ1) is 14.0. The highest BCUT2D eigenvalue weighted by Crippen LogP contribution is 2.19. The third-order valence-corrected chi connectivity index (χ3v) is 4.44. The Morgan fingerprint density at radius 2 is 2.44 bits per heavy atom. The van der Waals surface area contributed by atoms with E-state index in [0.29, 0.717) is 0 Å². The fourth-order valence-corrected chi connectivity index (χ4v) is 3.42. The molecule has 2 heterocycles. The van der Waals surface area contributed by atoms with Crippen LogP contribution in [-0.4, -0.2) is 36.1 Å². The van der Waals surface area contributed by atoms with E-state index in [4.69, 9.17) is 0 Å². The molecule has 1 aromatic rings. The summed E-state index contributed by atoms with van der Waals surface area (Å²) < 4.78 is 0. The standard InChI is InChI=1S/C14H25N3S/c1-3-6-15-8-13-5-4-7-17(9-13)10-14-16-12(2)11-18-14/h11,13,15H,3-10H2,1-2H3. The lowest BCUT2D eigenvalue weighted by atomic mass is 9.98. The van der Waals surface area contributed by atoms with Gasteiger partial charge >= 0.3 is 0 Å². The highest BCUT2D eigenvalue weighted by atomic mass is 32.1. The van der Waals surface area contributed by atoms with E-state index in [0.717, 1.165) is 24.7 Å². The predicted octanol–water partition coefficient (Wildman–Crippen LogP) is 2.66. The second-order valence-electron chi connectivity index (χ2n) is 5.33. The maximum absolute atomic E-state index is 4.57. The van der Waals surface area contributed by atoms with Crippen LogP contribution in [0.4, 0.5) is 0 Å². The summed E-state index contributed by atoms with van der Waals surface area (Å²) in [5.74, 6) is 0.825. The van der Waals surface area contributed by atoms with Crippen LogP contribution in [0.1, 0.15) is 36.9 Å². The van der Waals surface area contributed by atoms with E-state index >= 15 is 0 Å². The minimum Gasteiger partial charge on any atom is -0.316 e. The van der Waals surface area contributed by atoms with Gasteiger partial charge in [0, 0.05) is 17.6 Å². The van der Waals surface area contributed by atoms with Gasteiger partial charge in [0.25, 0.3) is 0 Å². The maximum atomic E-state index is 4.57. The normalized spacial score (nSPS) is 21.3. The van der Waals surface area contributed by atoms with Crippen molar-refractivity contribution < 1.29 is 0 Å². The number of likely N-dealkylation sites (tertiary alicyclic amines) is 1. The summed E-state index contributed by atoms with van der Waals surface area (Å²) in [7, 11) is 0. The van der Waals surface area contributed by atoms with Crippen LogP contribution < -0.4 is 5.32 Å². The second kappa shape index (κ2) is 7.22. The molecule has 1 aliphatic rings. The lowest BCUT2D eigenvalue weighted by Gasteiger charge is -2.32. The summed E-state index contributed by atoms with van der Waals surface area (Å²) in [4.78, 5) is 7.14. The number of hydrogen-bond donors (Lipinski definition) is 1. The Kier molecular flexibility index (Phi) is 5.60. The number of nitrogens with one attached hydrogen (secondary N) is 1. The van der Waals surface area contributed by atoms with Crippen LogP contribution in [0.3, 0.4) is 0 Å². The molecule has 1 aliphatic heterocycles. The van der Waals surface area contributed by atoms with Gasteiger partial charge in [0.15, 0.2) is 0 Å². The molecule has 3 nitrogen and oxygen atoms in total. The summed E-state index contributed by atoms with van der Waals surface area (Å²) in [6, 6.07) is 0. The fraction of sp³-hybridized carbons (Fsp3) is 0.786. The van der Waals surface area contributed by atoms with Gasteiger partial charge in [0.2, 0.25) is 0 Å². The van der Waals surface area contributed by atoms with Crippen LogP contribution >= 0.6 is 11.3 Å². The molecule has 0 aliphatic carbocycles. The van der Waals surface area contributed by atoms with E-state index < -0.39 is 0 Å². The third-order valence-electron chi connectivity index (χ3n) is 3.49. The zero-order valence-corrected chi connectivity index (χ0v) is 12.4. The molecule has 1 aromatic heterocycles. The van der Waals surface area contributed by atoms with Crippen molar-refractivity contribution >= 4 is 11.3 Å². The number of nitrogens with zero attached hydrogens (tertiary/aromatic N) is 2. The average molecular weight is 267 g/mol. The van der Waals surface area contributed by atoms with E-state index in [9.17, 15) is 0 Å². The molecule has 1 atom stereocenters. The van der Waals surface area contributed by atoms with Gasteiger partial charge in [-0.1, -0.05) is 6.92 Å². The molecule has 0 spiro atoms. The number of hydrogen-bond acceptors (Lipinski definition) is 4. The maximum Gasteiger partial charge on any atom is 0.107 e.